The summed E-state index contributed by atoms with van der Waals surface area (Å²) in [6, 6.07) is 0. The molecule has 1 heterocycles. The second-order valence-corrected chi connectivity index (χ2v) is 7.25. The first kappa shape index (κ1) is 16.4. The molecule has 0 aromatic rings. The van der Waals surface area contributed by atoms with Crippen molar-refractivity contribution >= 4 is 15.8 Å². The van der Waals surface area contributed by atoms with Crippen molar-refractivity contribution in [3.63, 3.8) is 0 Å². The highest BCUT2D eigenvalue weighted by molar-refractivity contribution is 7.90. The van der Waals surface area contributed by atoms with Crippen LogP contribution in [0.1, 0.15) is 12.8 Å². The van der Waals surface area contributed by atoms with Gasteiger partial charge in [0.15, 0.2) is 0 Å². The quantitative estimate of drug-likeness (QED) is 0.595. The highest BCUT2D eigenvalue weighted by Gasteiger charge is 2.17. The largest absolute Gasteiger partial charge is 0.469 e. The van der Waals surface area contributed by atoms with Gasteiger partial charge >= 0.3 is 5.97 Å². The molecule has 0 N–H and O–H groups in total. The fraction of sp³-hybridized carbons (Fsp3) is 0.917. The third-order valence-electron chi connectivity index (χ3n) is 3.31. The van der Waals surface area contributed by atoms with E-state index in [1.54, 1.807) is 0 Å². The summed E-state index contributed by atoms with van der Waals surface area (Å²) >= 11 is 0. The molecule has 0 spiro atoms. The molecule has 0 unspecified atom stereocenters. The van der Waals surface area contributed by atoms with Crippen LogP contribution in [0.15, 0.2) is 0 Å². The van der Waals surface area contributed by atoms with Gasteiger partial charge in [-0.05, 0) is 13.0 Å². The van der Waals surface area contributed by atoms with E-state index in [0.29, 0.717) is 12.8 Å². The Balaban J connectivity index is 2.13. The Kier molecular flexibility index (Phi) is 6.74. The maximum absolute atomic E-state index is 11.0. The zero-order valence-electron chi connectivity index (χ0n) is 11.8. The van der Waals surface area contributed by atoms with Gasteiger partial charge in [0.25, 0.3) is 0 Å². The minimum absolute atomic E-state index is 0.171. The summed E-state index contributed by atoms with van der Waals surface area (Å²) in [6.07, 6.45) is 2.41. The summed E-state index contributed by atoms with van der Waals surface area (Å²) in [5.74, 6) is 0.0887. The standard InChI is InChI=1S/C12H24N2O4S/c1-18-12(15)4-6-14-9-7-13(8-10-14)5-3-11-19(2,16)17/h3-11H2,1-2H3. The number of ether oxygens (including phenoxy) is 1. The third kappa shape index (κ3) is 7.49. The van der Waals surface area contributed by atoms with Crippen molar-refractivity contribution in [3.8, 4) is 0 Å². The van der Waals surface area contributed by atoms with E-state index in [0.717, 1.165) is 39.3 Å². The van der Waals surface area contributed by atoms with Crippen LogP contribution < -0.4 is 0 Å². The van der Waals surface area contributed by atoms with Gasteiger partial charge in [0.05, 0.1) is 19.3 Å². The van der Waals surface area contributed by atoms with Gasteiger partial charge < -0.3 is 14.5 Å². The van der Waals surface area contributed by atoms with E-state index in [1.807, 2.05) is 0 Å². The molecular formula is C12H24N2O4S. The lowest BCUT2D eigenvalue weighted by atomic mass is 10.2. The summed E-state index contributed by atoms with van der Waals surface area (Å²) in [5, 5.41) is 0. The van der Waals surface area contributed by atoms with E-state index in [1.165, 1.54) is 13.4 Å². The minimum Gasteiger partial charge on any atom is -0.469 e. The maximum Gasteiger partial charge on any atom is 0.306 e. The van der Waals surface area contributed by atoms with Crippen LogP contribution >= 0.6 is 0 Å². The molecule has 1 rings (SSSR count). The molecule has 0 aliphatic carbocycles. The van der Waals surface area contributed by atoms with Crippen molar-refractivity contribution in [3.05, 3.63) is 0 Å². The van der Waals surface area contributed by atoms with Gasteiger partial charge in [-0.3, -0.25) is 4.79 Å². The molecule has 0 saturated carbocycles. The number of nitrogens with zero attached hydrogens (tertiary/aromatic N) is 2. The Morgan fingerprint density at radius 3 is 2.11 bits per heavy atom. The lowest BCUT2D eigenvalue weighted by Crippen LogP contribution is -2.47. The van der Waals surface area contributed by atoms with Crippen LogP contribution in [0.4, 0.5) is 0 Å². The predicted molar refractivity (Wildman–Crippen MR) is 73.8 cm³/mol. The Bertz CT molecular complexity index is 375. The Hall–Kier alpha value is -0.660. The lowest BCUT2D eigenvalue weighted by molar-refractivity contribution is -0.141. The normalized spacial score (nSPS) is 18.4. The molecule has 0 atom stereocenters. The lowest BCUT2D eigenvalue weighted by Gasteiger charge is -2.34. The van der Waals surface area contributed by atoms with Gasteiger partial charge in [-0.25, -0.2) is 8.42 Å². The smallest absolute Gasteiger partial charge is 0.306 e. The van der Waals surface area contributed by atoms with Crippen molar-refractivity contribution < 1.29 is 17.9 Å². The van der Waals surface area contributed by atoms with Crippen molar-refractivity contribution in [1.29, 1.82) is 0 Å². The van der Waals surface area contributed by atoms with Crippen molar-refractivity contribution in [2.24, 2.45) is 0 Å². The third-order valence-corrected chi connectivity index (χ3v) is 4.34. The van der Waals surface area contributed by atoms with E-state index < -0.39 is 9.84 Å². The summed E-state index contributed by atoms with van der Waals surface area (Å²) < 4.78 is 26.7. The van der Waals surface area contributed by atoms with E-state index in [4.69, 9.17) is 0 Å². The molecule has 1 aliphatic heterocycles. The van der Waals surface area contributed by atoms with E-state index in [2.05, 4.69) is 14.5 Å². The molecule has 0 aromatic heterocycles. The molecule has 0 bridgehead atoms. The van der Waals surface area contributed by atoms with Crippen LogP contribution in [0.2, 0.25) is 0 Å². The van der Waals surface area contributed by atoms with Crippen molar-refractivity contribution in [1.82, 2.24) is 9.80 Å². The fourth-order valence-electron chi connectivity index (χ4n) is 2.14. The van der Waals surface area contributed by atoms with Crippen molar-refractivity contribution in [2.45, 2.75) is 12.8 Å². The van der Waals surface area contributed by atoms with Gasteiger partial charge in [0.1, 0.15) is 9.84 Å². The van der Waals surface area contributed by atoms with Crippen LogP contribution in [0.5, 0.6) is 0 Å². The zero-order valence-corrected chi connectivity index (χ0v) is 12.6. The van der Waals surface area contributed by atoms with Gasteiger partial charge in [0, 0.05) is 39.0 Å². The molecular weight excluding hydrogens is 268 g/mol. The highest BCUT2D eigenvalue weighted by Crippen LogP contribution is 2.04. The van der Waals surface area contributed by atoms with E-state index in [-0.39, 0.29) is 11.7 Å². The Morgan fingerprint density at radius 1 is 1.11 bits per heavy atom. The summed E-state index contributed by atoms with van der Waals surface area (Å²) in [5.41, 5.74) is 0. The van der Waals surface area contributed by atoms with Crippen LogP contribution in [0.25, 0.3) is 0 Å². The first-order valence-corrected chi connectivity index (χ1v) is 8.66. The van der Waals surface area contributed by atoms with Crippen LogP contribution in [-0.2, 0) is 19.4 Å². The first-order chi connectivity index (χ1) is 8.90. The number of carbonyl (C=O) groups is 1. The molecule has 0 radical (unpaired) electrons. The zero-order chi connectivity index (χ0) is 14.3. The monoisotopic (exact) mass is 292 g/mol. The molecule has 1 aliphatic rings. The average Bonchev–Trinajstić information content (AvgIpc) is 2.36. The molecule has 1 fully saturated rings. The van der Waals surface area contributed by atoms with Gasteiger partial charge in [-0.1, -0.05) is 0 Å². The fourth-order valence-corrected chi connectivity index (χ4v) is 2.79. The number of hydrogen-bond acceptors (Lipinski definition) is 6. The first-order valence-electron chi connectivity index (χ1n) is 6.60. The maximum atomic E-state index is 11.0. The van der Waals surface area contributed by atoms with Crippen LogP contribution in [0.3, 0.4) is 0 Å². The average molecular weight is 292 g/mol. The van der Waals surface area contributed by atoms with Gasteiger partial charge in [-0.15, -0.1) is 0 Å². The number of hydrogen-bond donors (Lipinski definition) is 0. The number of methoxy groups -OCH3 is 1. The van der Waals surface area contributed by atoms with E-state index in [9.17, 15) is 13.2 Å². The summed E-state index contributed by atoms with van der Waals surface area (Å²) in [6.45, 7) is 5.30. The molecule has 112 valence electrons. The molecule has 7 heteroatoms. The SMILES string of the molecule is COC(=O)CCN1CCN(CCCS(C)(=O)=O)CC1. The highest BCUT2D eigenvalue weighted by atomic mass is 32.2. The Labute approximate surface area is 115 Å². The molecule has 0 amide bonds. The van der Waals surface area contributed by atoms with Gasteiger partial charge in [0.2, 0.25) is 0 Å². The van der Waals surface area contributed by atoms with Crippen LogP contribution in [0, 0.1) is 0 Å². The number of esters is 1. The minimum atomic E-state index is -2.85. The summed E-state index contributed by atoms with van der Waals surface area (Å²) in [4.78, 5) is 15.6. The number of piperazine rings is 1. The second-order valence-electron chi connectivity index (χ2n) is 4.99. The van der Waals surface area contributed by atoms with Crippen molar-refractivity contribution in [2.75, 3.05) is 58.4 Å². The van der Waals surface area contributed by atoms with E-state index >= 15 is 0 Å². The molecule has 6 nitrogen and oxygen atoms in total. The Morgan fingerprint density at radius 2 is 1.63 bits per heavy atom. The topological polar surface area (TPSA) is 66.9 Å². The summed E-state index contributed by atoms with van der Waals surface area (Å²) in [7, 11) is -1.44. The molecule has 1 saturated heterocycles. The number of sulfone groups is 1. The second kappa shape index (κ2) is 7.81. The van der Waals surface area contributed by atoms with Crippen LogP contribution in [-0.4, -0.2) is 82.6 Å². The number of rotatable bonds is 7. The predicted octanol–water partition coefficient (Wildman–Crippen LogP) is -0.398. The number of carbonyl (C=O) groups excluding carboxylic acids is 1. The molecule has 19 heavy (non-hydrogen) atoms. The molecule has 0 aromatic carbocycles. The van der Waals surface area contributed by atoms with Gasteiger partial charge in [-0.2, -0.15) is 0 Å².